The lowest BCUT2D eigenvalue weighted by atomic mass is 9.83. The number of nitrogens with one attached hydrogen (secondary N) is 1. The fraction of sp³-hybridized carbons (Fsp3) is 0.667. The Morgan fingerprint density at radius 2 is 2.07 bits per heavy atom. The predicted molar refractivity (Wildman–Crippen MR) is 118 cm³/mol. The molecule has 1 aliphatic heterocycles. The third-order valence-corrected chi connectivity index (χ3v) is 6.78. The monoisotopic (exact) mass is 411 g/mol. The second kappa shape index (κ2) is 11.7. The molecular weight excluding hydrogens is 378 g/mol. The minimum Gasteiger partial charge on any atom is -0.497 e. The molecule has 0 bridgehead atoms. The van der Waals surface area contributed by atoms with E-state index in [1.165, 1.54) is 18.4 Å². The van der Waals surface area contributed by atoms with Crippen molar-refractivity contribution in [2.45, 2.75) is 57.2 Å². The number of thiol groups is 1. The number of hydrogen-bond acceptors (Lipinski definition) is 6. The minimum atomic E-state index is -0.295. The summed E-state index contributed by atoms with van der Waals surface area (Å²) < 4.78 is 10.9. The summed E-state index contributed by atoms with van der Waals surface area (Å²) in [4.78, 5) is 12.7. The van der Waals surface area contributed by atoms with Crippen molar-refractivity contribution < 1.29 is 14.3 Å². The smallest absolute Gasteiger partial charge is 0.328 e. The minimum absolute atomic E-state index is 0.139. The van der Waals surface area contributed by atoms with Crippen LogP contribution in [-0.2, 0) is 9.53 Å². The van der Waals surface area contributed by atoms with Gasteiger partial charge in [0.2, 0.25) is 0 Å². The number of rotatable bonds is 11. The molecule has 2 unspecified atom stereocenters. The van der Waals surface area contributed by atoms with Crippen molar-refractivity contribution in [3.05, 3.63) is 23.8 Å². The van der Waals surface area contributed by atoms with Crippen molar-refractivity contribution >= 4 is 36.0 Å². The molecular formula is C21H33NO3S2. The van der Waals surface area contributed by atoms with E-state index < -0.39 is 0 Å². The molecule has 0 fully saturated rings. The molecule has 0 amide bonds. The van der Waals surface area contributed by atoms with Crippen molar-refractivity contribution in [1.29, 1.82) is 0 Å². The van der Waals surface area contributed by atoms with Gasteiger partial charge in [-0.05, 0) is 55.0 Å². The number of unbranched alkanes of at least 4 members (excludes halogenated alkanes) is 2. The first-order valence-electron chi connectivity index (χ1n) is 9.99. The molecule has 0 radical (unpaired) electrons. The first-order valence-corrected chi connectivity index (χ1v) is 11.7. The quantitative estimate of drug-likeness (QED) is 0.292. The number of esters is 1. The van der Waals surface area contributed by atoms with Gasteiger partial charge in [-0.1, -0.05) is 26.2 Å². The average molecular weight is 412 g/mol. The molecule has 0 aliphatic carbocycles. The highest BCUT2D eigenvalue weighted by Crippen LogP contribution is 2.48. The van der Waals surface area contributed by atoms with Crippen LogP contribution in [0.3, 0.4) is 0 Å². The van der Waals surface area contributed by atoms with Gasteiger partial charge in [0.15, 0.2) is 0 Å². The molecule has 1 aromatic carbocycles. The maximum absolute atomic E-state index is 12.7. The summed E-state index contributed by atoms with van der Waals surface area (Å²) in [5, 5.41) is 3.72. The van der Waals surface area contributed by atoms with Crippen LogP contribution in [0.1, 0.15) is 56.8 Å². The van der Waals surface area contributed by atoms with Gasteiger partial charge in [-0.25, -0.2) is 4.79 Å². The Morgan fingerprint density at radius 1 is 1.26 bits per heavy atom. The lowest BCUT2D eigenvalue weighted by Gasteiger charge is -2.39. The van der Waals surface area contributed by atoms with Crippen molar-refractivity contribution in [1.82, 2.24) is 0 Å². The van der Waals surface area contributed by atoms with Crippen LogP contribution in [0.25, 0.3) is 0 Å². The molecule has 1 N–H and O–H groups in total. The highest BCUT2D eigenvalue weighted by Gasteiger charge is 2.41. The van der Waals surface area contributed by atoms with Crippen molar-refractivity contribution in [2.24, 2.45) is 5.92 Å². The zero-order valence-corrected chi connectivity index (χ0v) is 18.4. The van der Waals surface area contributed by atoms with Crippen LogP contribution < -0.4 is 10.1 Å². The maximum Gasteiger partial charge on any atom is 0.328 e. The fourth-order valence-electron chi connectivity index (χ4n) is 3.62. The second-order valence-corrected chi connectivity index (χ2v) is 8.55. The third kappa shape index (κ3) is 5.98. The molecule has 152 valence electrons. The Labute approximate surface area is 173 Å². The Morgan fingerprint density at radius 3 is 2.74 bits per heavy atom. The van der Waals surface area contributed by atoms with Crippen LogP contribution in [0, 0.1) is 5.92 Å². The molecule has 3 atom stereocenters. The summed E-state index contributed by atoms with van der Waals surface area (Å²) >= 11 is 6.29. The SMILES string of the molecule is CCCCCC1C(C(=O)OCC)Nc2ccc(OC)cc2[C@@H]1SCCCS. The van der Waals surface area contributed by atoms with E-state index >= 15 is 0 Å². The summed E-state index contributed by atoms with van der Waals surface area (Å²) in [6.07, 6.45) is 5.56. The number of anilines is 1. The first kappa shape index (κ1) is 22.3. The molecule has 4 nitrogen and oxygen atoms in total. The van der Waals surface area contributed by atoms with Crippen LogP contribution in [0.4, 0.5) is 5.69 Å². The van der Waals surface area contributed by atoms with Crippen molar-refractivity contribution in [2.75, 3.05) is 30.5 Å². The van der Waals surface area contributed by atoms with Gasteiger partial charge in [-0.2, -0.15) is 24.4 Å². The number of methoxy groups -OCH3 is 1. The number of carbonyl (C=O) groups is 1. The predicted octanol–water partition coefficient (Wildman–Crippen LogP) is 5.34. The van der Waals surface area contributed by atoms with Crippen LogP contribution in [0.15, 0.2) is 18.2 Å². The van der Waals surface area contributed by atoms with Gasteiger partial charge >= 0.3 is 5.97 Å². The fourth-order valence-corrected chi connectivity index (χ4v) is 5.47. The summed E-state index contributed by atoms with van der Waals surface area (Å²) in [5.74, 6) is 2.84. The van der Waals surface area contributed by atoms with Crippen molar-refractivity contribution in [3.63, 3.8) is 0 Å². The molecule has 0 saturated heterocycles. The van der Waals surface area contributed by atoms with E-state index in [4.69, 9.17) is 9.47 Å². The third-order valence-electron chi connectivity index (χ3n) is 4.97. The topological polar surface area (TPSA) is 47.6 Å². The number of thioether (sulfide) groups is 1. The summed E-state index contributed by atoms with van der Waals surface area (Å²) in [7, 11) is 1.70. The van der Waals surface area contributed by atoms with Crippen LogP contribution in [0.5, 0.6) is 5.75 Å². The van der Waals surface area contributed by atoms with Crippen molar-refractivity contribution in [3.8, 4) is 5.75 Å². The molecule has 1 aromatic rings. The molecule has 1 heterocycles. The summed E-state index contributed by atoms with van der Waals surface area (Å²) in [6.45, 7) is 4.48. The first-order chi connectivity index (χ1) is 13.2. The largest absolute Gasteiger partial charge is 0.497 e. The van der Waals surface area contributed by atoms with Crippen LogP contribution >= 0.6 is 24.4 Å². The Balaban J connectivity index is 2.36. The maximum atomic E-state index is 12.7. The normalized spacial score (nSPS) is 21.3. The number of carbonyl (C=O) groups excluding carboxylic acids is 1. The van der Waals surface area contributed by atoms with E-state index in [2.05, 4.69) is 30.9 Å². The lowest BCUT2D eigenvalue weighted by molar-refractivity contribution is -0.145. The van der Waals surface area contributed by atoms with Gasteiger partial charge < -0.3 is 14.8 Å². The number of ether oxygens (including phenoxy) is 2. The number of benzene rings is 1. The molecule has 2 rings (SSSR count). The van der Waals surface area contributed by atoms with Gasteiger partial charge in [0.25, 0.3) is 0 Å². The summed E-state index contributed by atoms with van der Waals surface area (Å²) in [5.41, 5.74) is 2.25. The average Bonchev–Trinajstić information content (AvgIpc) is 2.68. The lowest BCUT2D eigenvalue weighted by Crippen LogP contribution is -2.44. The van der Waals surface area contributed by atoms with Gasteiger partial charge in [0.05, 0.1) is 13.7 Å². The molecule has 27 heavy (non-hydrogen) atoms. The Bertz CT molecular complexity index is 597. The van der Waals surface area contributed by atoms with E-state index in [0.29, 0.717) is 6.61 Å². The van der Waals surface area contributed by atoms with E-state index in [1.807, 2.05) is 30.8 Å². The Hall–Kier alpha value is -1.01. The van der Waals surface area contributed by atoms with E-state index in [9.17, 15) is 4.79 Å². The number of hydrogen-bond donors (Lipinski definition) is 2. The van der Waals surface area contributed by atoms with E-state index in [0.717, 1.165) is 42.2 Å². The highest BCUT2D eigenvalue weighted by atomic mass is 32.2. The number of fused-ring (bicyclic) bond motifs is 1. The second-order valence-electron chi connectivity index (χ2n) is 6.86. The van der Waals surface area contributed by atoms with Gasteiger partial charge in [0.1, 0.15) is 11.8 Å². The molecule has 0 aromatic heterocycles. The van der Waals surface area contributed by atoms with Crippen LogP contribution in [0.2, 0.25) is 0 Å². The zero-order valence-electron chi connectivity index (χ0n) is 16.7. The standard InChI is InChI=1S/C21H33NO3S2/c1-4-6-7-9-16-19(21(23)25-5-2)22-18-11-10-15(24-3)14-17(18)20(16)27-13-8-12-26/h10-11,14,16,19-20,22,26H,4-9,12-13H2,1-3H3/t16?,19?,20-/m1/s1. The van der Waals surface area contributed by atoms with Crippen LogP contribution in [-0.4, -0.2) is 37.2 Å². The molecule has 1 aliphatic rings. The van der Waals surface area contributed by atoms with E-state index in [1.54, 1.807) is 7.11 Å². The molecule has 6 heteroatoms. The van der Waals surface area contributed by atoms with Gasteiger partial charge in [-0.15, -0.1) is 0 Å². The highest BCUT2D eigenvalue weighted by molar-refractivity contribution is 7.99. The molecule has 0 spiro atoms. The zero-order chi connectivity index (χ0) is 19.6. The molecule has 0 saturated carbocycles. The van der Waals surface area contributed by atoms with E-state index in [-0.39, 0.29) is 23.2 Å². The van der Waals surface area contributed by atoms with Gasteiger partial charge in [0, 0.05) is 16.9 Å². The van der Waals surface area contributed by atoms with Gasteiger partial charge in [-0.3, -0.25) is 0 Å². The Kier molecular flexibility index (Phi) is 9.69. The summed E-state index contributed by atoms with van der Waals surface area (Å²) in [6, 6.07) is 5.79.